The van der Waals surface area contributed by atoms with Crippen LogP contribution in [0.4, 0.5) is 5.82 Å². The van der Waals surface area contributed by atoms with E-state index in [9.17, 15) is 4.79 Å². The molecule has 3 heterocycles. The third kappa shape index (κ3) is 3.39. The Morgan fingerprint density at radius 2 is 2.03 bits per heavy atom. The molecule has 0 atom stereocenters. The molecule has 5 rings (SSSR count). The second kappa shape index (κ2) is 7.02. The van der Waals surface area contributed by atoms with Gasteiger partial charge in [0.15, 0.2) is 5.82 Å². The minimum atomic E-state index is -0.0800. The Labute approximate surface area is 168 Å². The fraction of sp³-hybridized carbons (Fsp3) is 0.429. The number of nitrogens with zero attached hydrogens (tertiary/aromatic N) is 5. The van der Waals surface area contributed by atoms with E-state index in [2.05, 4.69) is 37.6 Å². The fourth-order valence-electron chi connectivity index (χ4n) is 3.89. The molecule has 1 N–H and O–H groups in total. The van der Waals surface area contributed by atoms with E-state index in [1.54, 1.807) is 17.9 Å². The zero-order valence-electron chi connectivity index (χ0n) is 16.6. The number of carbonyl (C=O) groups excluding carboxylic acids is 1. The number of hydrogen-bond donors (Lipinski definition) is 1. The second-order valence-electron chi connectivity index (χ2n) is 7.94. The van der Waals surface area contributed by atoms with E-state index < -0.39 is 0 Å². The number of carbonyl (C=O) groups is 1. The standard InChI is InChI=1S/C21H24N6O2/c1-26-21(29-2)16-6-5-15(9-18(16)25-26)20(28)22-10-13-11-27(12-13)19-8-7-17(23-24-19)14-3-4-14/h5-9,13-14H,3-4,10-12H2,1-2H3,(H,22,28). The van der Waals surface area contributed by atoms with Crippen LogP contribution in [0, 0.1) is 5.92 Å². The van der Waals surface area contributed by atoms with Gasteiger partial charge in [-0.05, 0) is 43.2 Å². The molecular weight excluding hydrogens is 368 g/mol. The molecule has 1 saturated carbocycles. The highest BCUT2D eigenvalue weighted by atomic mass is 16.5. The van der Waals surface area contributed by atoms with Gasteiger partial charge in [-0.25, -0.2) is 4.68 Å². The summed E-state index contributed by atoms with van der Waals surface area (Å²) in [7, 11) is 3.44. The maximum Gasteiger partial charge on any atom is 0.251 e. The molecule has 3 aromatic rings. The van der Waals surface area contributed by atoms with Gasteiger partial charge < -0.3 is 15.0 Å². The van der Waals surface area contributed by atoms with Crippen molar-refractivity contribution in [3.05, 3.63) is 41.6 Å². The van der Waals surface area contributed by atoms with E-state index in [0.29, 0.717) is 29.8 Å². The summed E-state index contributed by atoms with van der Waals surface area (Å²) in [4.78, 5) is 14.7. The summed E-state index contributed by atoms with van der Waals surface area (Å²) in [5.74, 6) is 2.58. The first kappa shape index (κ1) is 17.9. The largest absolute Gasteiger partial charge is 0.481 e. The summed E-state index contributed by atoms with van der Waals surface area (Å²) in [6, 6.07) is 9.65. The van der Waals surface area contributed by atoms with Crippen molar-refractivity contribution in [2.24, 2.45) is 13.0 Å². The van der Waals surface area contributed by atoms with Crippen LogP contribution in [0.25, 0.3) is 10.9 Å². The normalized spacial score (nSPS) is 16.7. The van der Waals surface area contributed by atoms with Gasteiger partial charge in [-0.15, -0.1) is 5.10 Å². The van der Waals surface area contributed by atoms with Crippen LogP contribution in [-0.2, 0) is 7.05 Å². The molecule has 1 aliphatic carbocycles. The molecule has 2 fully saturated rings. The summed E-state index contributed by atoms with van der Waals surface area (Å²) < 4.78 is 7.03. The lowest BCUT2D eigenvalue weighted by Crippen LogP contribution is -2.51. The van der Waals surface area contributed by atoms with Crippen molar-refractivity contribution in [3.63, 3.8) is 0 Å². The van der Waals surface area contributed by atoms with Gasteiger partial charge in [0.2, 0.25) is 5.88 Å². The molecule has 0 bridgehead atoms. The molecule has 150 valence electrons. The number of fused-ring (bicyclic) bond motifs is 1. The SMILES string of the molecule is COc1c2ccc(C(=O)NCC3CN(c4ccc(C5CC5)nn4)C3)cc2nn1C. The van der Waals surface area contributed by atoms with Crippen LogP contribution in [0.15, 0.2) is 30.3 Å². The summed E-state index contributed by atoms with van der Waals surface area (Å²) in [6.45, 7) is 2.41. The van der Waals surface area contributed by atoms with Crippen LogP contribution in [0.3, 0.4) is 0 Å². The Kier molecular flexibility index (Phi) is 4.34. The Morgan fingerprint density at radius 1 is 1.21 bits per heavy atom. The highest BCUT2D eigenvalue weighted by Gasteiger charge is 2.30. The van der Waals surface area contributed by atoms with Crippen molar-refractivity contribution in [1.29, 1.82) is 0 Å². The maximum absolute atomic E-state index is 12.5. The van der Waals surface area contributed by atoms with Crippen LogP contribution in [-0.4, -0.2) is 52.6 Å². The summed E-state index contributed by atoms with van der Waals surface area (Å²) in [5.41, 5.74) is 2.47. The Bertz CT molecular complexity index is 1050. The van der Waals surface area contributed by atoms with Gasteiger partial charge in [-0.2, -0.15) is 10.2 Å². The molecule has 1 aliphatic heterocycles. The van der Waals surface area contributed by atoms with Crippen molar-refractivity contribution in [2.75, 3.05) is 31.6 Å². The molecular formula is C21H24N6O2. The van der Waals surface area contributed by atoms with Gasteiger partial charge in [-0.1, -0.05) is 0 Å². The number of benzene rings is 1. The molecule has 2 aromatic heterocycles. The number of aryl methyl sites for hydroxylation is 1. The van der Waals surface area contributed by atoms with Crippen LogP contribution in [0.1, 0.15) is 34.8 Å². The third-order valence-electron chi connectivity index (χ3n) is 5.73. The van der Waals surface area contributed by atoms with Crippen molar-refractivity contribution in [2.45, 2.75) is 18.8 Å². The average Bonchev–Trinajstić information content (AvgIpc) is 3.49. The van der Waals surface area contributed by atoms with Crippen LogP contribution < -0.4 is 15.0 Å². The Morgan fingerprint density at radius 3 is 2.72 bits per heavy atom. The van der Waals surface area contributed by atoms with E-state index in [4.69, 9.17) is 4.74 Å². The van der Waals surface area contributed by atoms with Crippen LogP contribution in [0.2, 0.25) is 0 Å². The van der Waals surface area contributed by atoms with E-state index in [-0.39, 0.29) is 5.91 Å². The van der Waals surface area contributed by atoms with Gasteiger partial charge in [0.25, 0.3) is 5.91 Å². The summed E-state index contributed by atoms with van der Waals surface area (Å²) in [5, 5.41) is 17.0. The topological polar surface area (TPSA) is 85.2 Å². The number of rotatable bonds is 6. The number of ether oxygens (including phenoxy) is 1. The first-order chi connectivity index (χ1) is 14.1. The zero-order chi connectivity index (χ0) is 20.0. The molecule has 8 nitrogen and oxygen atoms in total. The van der Waals surface area contributed by atoms with E-state index in [1.807, 2.05) is 19.2 Å². The molecule has 29 heavy (non-hydrogen) atoms. The lowest BCUT2D eigenvalue weighted by atomic mass is 10.00. The van der Waals surface area contributed by atoms with Gasteiger partial charge >= 0.3 is 0 Å². The monoisotopic (exact) mass is 392 g/mol. The smallest absolute Gasteiger partial charge is 0.251 e. The van der Waals surface area contributed by atoms with Gasteiger partial charge in [-0.3, -0.25) is 4.79 Å². The van der Waals surface area contributed by atoms with Crippen molar-refractivity contribution in [1.82, 2.24) is 25.3 Å². The Balaban J connectivity index is 1.15. The van der Waals surface area contributed by atoms with Gasteiger partial charge in [0.05, 0.1) is 23.7 Å². The lowest BCUT2D eigenvalue weighted by molar-refractivity contribution is 0.0944. The van der Waals surface area contributed by atoms with Crippen molar-refractivity contribution < 1.29 is 9.53 Å². The fourth-order valence-corrected chi connectivity index (χ4v) is 3.89. The molecule has 2 aliphatic rings. The Hall–Kier alpha value is -3.16. The second-order valence-corrected chi connectivity index (χ2v) is 7.94. The third-order valence-corrected chi connectivity index (χ3v) is 5.73. The molecule has 1 aromatic carbocycles. The number of amides is 1. The predicted molar refractivity (Wildman–Crippen MR) is 109 cm³/mol. The van der Waals surface area contributed by atoms with E-state index >= 15 is 0 Å². The van der Waals surface area contributed by atoms with Crippen LogP contribution in [0.5, 0.6) is 5.88 Å². The summed E-state index contributed by atoms with van der Waals surface area (Å²) in [6.07, 6.45) is 2.47. The number of anilines is 1. The summed E-state index contributed by atoms with van der Waals surface area (Å²) >= 11 is 0. The minimum Gasteiger partial charge on any atom is -0.481 e. The number of hydrogen-bond acceptors (Lipinski definition) is 6. The van der Waals surface area contributed by atoms with E-state index in [0.717, 1.165) is 35.5 Å². The maximum atomic E-state index is 12.5. The van der Waals surface area contributed by atoms with Crippen LogP contribution >= 0.6 is 0 Å². The molecule has 1 amide bonds. The molecule has 0 spiro atoms. The van der Waals surface area contributed by atoms with Gasteiger partial charge in [0.1, 0.15) is 0 Å². The highest BCUT2D eigenvalue weighted by molar-refractivity contribution is 5.98. The molecule has 0 radical (unpaired) electrons. The molecule has 1 saturated heterocycles. The van der Waals surface area contributed by atoms with Gasteiger partial charge in [0, 0.05) is 44.1 Å². The average molecular weight is 392 g/mol. The zero-order valence-corrected chi connectivity index (χ0v) is 16.6. The molecule has 8 heteroatoms. The minimum absolute atomic E-state index is 0.0800. The first-order valence-corrected chi connectivity index (χ1v) is 10.00. The lowest BCUT2D eigenvalue weighted by Gasteiger charge is -2.39. The number of nitrogens with one attached hydrogen (secondary N) is 1. The predicted octanol–water partition coefficient (Wildman–Crippen LogP) is 2.12. The first-order valence-electron chi connectivity index (χ1n) is 10.00. The highest BCUT2D eigenvalue weighted by Crippen LogP contribution is 2.39. The van der Waals surface area contributed by atoms with Crippen molar-refractivity contribution in [3.8, 4) is 5.88 Å². The quantitative estimate of drug-likeness (QED) is 0.692. The van der Waals surface area contributed by atoms with E-state index in [1.165, 1.54) is 12.8 Å². The number of aromatic nitrogens is 4. The molecule has 0 unspecified atom stereocenters. The number of methoxy groups -OCH3 is 1. The van der Waals surface area contributed by atoms with Crippen molar-refractivity contribution >= 4 is 22.6 Å².